The Kier molecular flexibility index (Phi) is 6.39. The highest BCUT2D eigenvalue weighted by Gasteiger charge is 2.19. The highest BCUT2D eigenvalue weighted by Crippen LogP contribution is 2.28. The minimum Gasteiger partial charge on any atom is -0.373 e. The number of nitrogens with zero attached hydrogens (tertiary/aromatic N) is 2. The highest BCUT2D eigenvalue weighted by atomic mass is 16.2. The molecule has 118 valence electrons. The van der Waals surface area contributed by atoms with Gasteiger partial charge in [-0.05, 0) is 18.8 Å². The smallest absolute Gasteiger partial charge is 0.242 e. The van der Waals surface area contributed by atoms with Gasteiger partial charge in [-0.15, -0.1) is 0 Å². The van der Waals surface area contributed by atoms with E-state index in [1.165, 1.54) is 6.33 Å². The Morgan fingerprint density at radius 3 is 2.29 bits per heavy atom. The summed E-state index contributed by atoms with van der Waals surface area (Å²) >= 11 is 0. The van der Waals surface area contributed by atoms with Gasteiger partial charge in [0.15, 0.2) is 0 Å². The average molecular weight is 293 g/mol. The van der Waals surface area contributed by atoms with E-state index in [9.17, 15) is 4.79 Å². The van der Waals surface area contributed by atoms with Gasteiger partial charge in [0.05, 0.1) is 0 Å². The molecular weight excluding hydrogens is 266 g/mol. The average Bonchev–Trinajstić information content (AvgIpc) is 2.43. The second-order valence-corrected chi connectivity index (χ2v) is 5.89. The highest BCUT2D eigenvalue weighted by molar-refractivity contribution is 5.84. The van der Waals surface area contributed by atoms with E-state index in [4.69, 9.17) is 0 Å². The summed E-state index contributed by atoms with van der Waals surface area (Å²) in [6.07, 6.45) is 1.50. The molecule has 0 aliphatic rings. The van der Waals surface area contributed by atoms with Crippen LogP contribution in [-0.2, 0) is 4.79 Å². The number of nitrogens with one attached hydrogen (secondary N) is 3. The van der Waals surface area contributed by atoms with Crippen molar-refractivity contribution in [2.24, 2.45) is 5.92 Å². The lowest BCUT2D eigenvalue weighted by molar-refractivity contribution is -0.121. The van der Waals surface area contributed by atoms with Gasteiger partial charge in [0.25, 0.3) is 0 Å². The predicted octanol–water partition coefficient (Wildman–Crippen LogP) is 2.21. The van der Waals surface area contributed by atoms with Crippen LogP contribution < -0.4 is 16.0 Å². The fraction of sp³-hybridized carbons (Fsp3) is 0.667. The first-order chi connectivity index (χ1) is 9.86. The van der Waals surface area contributed by atoms with Gasteiger partial charge in [-0.2, -0.15) is 0 Å². The van der Waals surface area contributed by atoms with Gasteiger partial charge in [0.1, 0.15) is 24.0 Å². The van der Waals surface area contributed by atoms with Crippen LogP contribution in [0.3, 0.4) is 0 Å². The molecule has 0 saturated carbocycles. The third kappa shape index (κ3) is 4.88. The Hall–Kier alpha value is -1.85. The van der Waals surface area contributed by atoms with Gasteiger partial charge in [-0.25, -0.2) is 9.97 Å². The standard InChI is InChI=1S/C15H27N5O/c1-9(2)7-17-15(21)11(5)20-14-12(10(3)4)13(16-6)18-8-19-14/h8-11H,7H2,1-6H3,(H,17,21)(H2,16,18,19,20). The van der Waals surface area contributed by atoms with Crippen LogP contribution in [0.4, 0.5) is 11.6 Å². The molecule has 6 nitrogen and oxygen atoms in total. The molecule has 21 heavy (non-hydrogen) atoms. The molecule has 3 N–H and O–H groups in total. The molecule has 1 unspecified atom stereocenters. The second kappa shape index (κ2) is 7.81. The van der Waals surface area contributed by atoms with E-state index in [0.29, 0.717) is 18.3 Å². The van der Waals surface area contributed by atoms with Crippen LogP contribution in [0.5, 0.6) is 0 Å². The maximum atomic E-state index is 12.1. The van der Waals surface area contributed by atoms with E-state index in [2.05, 4.69) is 53.6 Å². The molecule has 0 spiro atoms. The molecule has 0 bridgehead atoms. The van der Waals surface area contributed by atoms with Gasteiger partial charge in [0, 0.05) is 19.2 Å². The zero-order valence-electron chi connectivity index (χ0n) is 13.8. The van der Waals surface area contributed by atoms with E-state index in [1.807, 2.05) is 14.0 Å². The van der Waals surface area contributed by atoms with Crippen LogP contribution in [0.2, 0.25) is 0 Å². The van der Waals surface area contributed by atoms with E-state index >= 15 is 0 Å². The van der Waals surface area contributed by atoms with Crippen molar-refractivity contribution in [3.8, 4) is 0 Å². The van der Waals surface area contributed by atoms with Gasteiger partial charge in [-0.1, -0.05) is 27.7 Å². The molecule has 0 aliphatic heterocycles. The molecule has 0 aliphatic carbocycles. The quantitative estimate of drug-likeness (QED) is 0.718. The molecule has 1 amide bonds. The van der Waals surface area contributed by atoms with Crippen LogP contribution in [0.15, 0.2) is 6.33 Å². The molecule has 1 atom stereocenters. The Bertz CT molecular complexity index is 473. The number of hydrogen-bond donors (Lipinski definition) is 3. The summed E-state index contributed by atoms with van der Waals surface area (Å²) in [6.45, 7) is 10.8. The maximum Gasteiger partial charge on any atom is 0.242 e. The third-order valence-corrected chi connectivity index (χ3v) is 3.13. The molecule has 0 fully saturated rings. The summed E-state index contributed by atoms with van der Waals surface area (Å²) in [5.41, 5.74) is 0.989. The van der Waals surface area contributed by atoms with Crippen molar-refractivity contribution in [3.63, 3.8) is 0 Å². The number of aromatic nitrogens is 2. The van der Waals surface area contributed by atoms with Crippen LogP contribution in [-0.4, -0.2) is 35.5 Å². The maximum absolute atomic E-state index is 12.1. The molecular formula is C15H27N5O. The molecule has 1 aromatic rings. The van der Waals surface area contributed by atoms with E-state index in [1.54, 1.807) is 0 Å². The van der Waals surface area contributed by atoms with Crippen molar-refractivity contribution in [3.05, 3.63) is 11.9 Å². The zero-order valence-corrected chi connectivity index (χ0v) is 13.8. The minimum atomic E-state index is -0.346. The monoisotopic (exact) mass is 293 g/mol. The predicted molar refractivity (Wildman–Crippen MR) is 86.6 cm³/mol. The Morgan fingerprint density at radius 1 is 1.14 bits per heavy atom. The summed E-state index contributed by atoms with van der Waals surface area (Å²) in [4.78, 5) is 20.6. The SMILES string of the molecule is CNc1ncnc(NC(C)C(=O)NCC(C)C)c1C(C)C. The van der Waals surface area contributed by atoms with E-state index < -0.39 is 0 Å². The molecule has 1 heterocycles. The van der Waals surface area contributed by atoms with Gasteiger partial charge < -0.3 is 16.0 Å². The van der Waals surface area contributed by atoms with Crippen molar-refractivity contribution in [2.45, 2.75) is 46.6 Å². The summed E-state index contributed by atoms with van der Waals surface area (Å²) < 4.78 is 0. The number of amides is 1. The minimum absolute atomic E-state index is 0.0250. The number of rotatable bonds is 7. The lowest BCUT2D eigenvalue weighted by Gasteiger charge is -2.20. The van der Waals surface area contributed by atoms with Crippen molar-refractivity contribution >= 4 is 17.5 Å². The molecule has 0 aromatic carbocycles. The molecule has 1 rings (SSSR count). The topological polar surface area (TPSA) is 78.9 Å². The van der Waals surface area contributed by atoms with Crippen molar-refractivity contribution < 1.29 is 4.79 Å². The largest absolute Gasteiger partial charge is 0.373 e. The number of hydrogen-bond acceptors (Lipinski definition) is 5. The van der Waals surface area contributed by atoms with Crippen LogP contribution in [0.1, 0.15) is 46.1 Å². The normalized spacial score (nSPS) is 12.4. The fourth-order valence-corrected chi connectivity index (χ4v) is 1.99. The lowest BCUT2D eigenvalue weighted by Crippen LogP contribution is -2.39. The van der Waals surface area contributed by atoms with Crippen molar-refractivity contribution in [1.82, 2.24) is 15.3 Å². The van der Waals surface area contributed by atoms with Crippen LogP contribution >= 0.6 is 0 Å². The number of carbonyl (C=O) groups is 1. The molecule has 1 aromatic heterocycles. The van der Waals surface area contributed by atoms with Crippen molar-refractivity contribution in [2.75, 3.05) is 24.2 Å². The number of anilines is 2. The van der Waals surface area contributed by atoms with Gasteiger partial charge in [-0.3, -0.25) is 4.79 Å². The lowest BCUT2D eigenvalue weighted by atomic mass is 10.0. The molecule has 0 radical (unpaired) electrons. The number of carbonyl (C=O) groups excluding carboxylic acids is 1. The van der Waals surface area contributed by atoms with Crippen LogP contribution in [0, 0.1) is 5.92 Å². The van der Waals surface area contributed by atoms with Gasteiger partial charge >= 0.3 is 0 Å². The Balaban J connectivity index is 2.85. The zero-order chi connectivity index (χ0) is 16.0. The third-order valence-electron chi connectivity index (χ3n) is 3.13. The van der Waals surface area contributed by atoms with Crippen molar-refractivity contribution in [1.29, 1.82) is 0 Å². The Morgan fingerprint density at radius 2 is 1.76 bits per heavy atom. The Labute approximate surface area is 127 Å². The first-order valence-electron chi connectivity index (χ1n) is 7.43. The van der Waals surface area contributed by atoms with E-state index in [-0.39, 0.29) is 17.9 Å². The summed E-state index contributed by atoms with van der Waals surface area (Å²) in [5, 5.41) is 9.17. The van der Waals surface area contributed by atoms with E-state index in [0.717, 1.165) is 11.4 Å². The molecule has 0 saturated heterocycles. The summed E-state index contributed by atoms with van der Waals surface area (Å²) in [6, 6.07) is -0.346. The van der Waals surface area contributed by atoms with Gasteiger partial charge in [0.2, 0.25) is 5.91 Å². The summed E-state index contributed by atoms with van der Waals surface area (Å²) in [5.74, 6) is 2.15. The summed E-state index contributed by atoms with van der Waals surface area (Å²) in [7, 11) is 1.83. The molecule has 6 heteroatoms. The van der Waals surface area contributed by atoms with Crippen LogP contribution in [0.25, 0.3) is 0 Å². The first-order valence-corrected chi connectivity index (χ1v) is 7.43. The first kappa shape index (κ1) is 17.2. The fourth-order valence-electron chi connectivity index (χ4n) is 1.99. The second-order valence-electron chi connectivity index (χ2n) is 5.89.